The second-order valence-electron chi connectivity index (χ2n) is 6.61. The van der Waals surface area contributed by atoms with Gasteiger partial charge in [0.2, 0.25) is 5.91 Å². The van der Waals surface area contributed by atoms with Crippen molar-refractivity contribution >= 4 is 18.0 Å². The molecule has 0 heterocycles. The summed E-state index contributed by atoms with van der Waals surface area (Å²) in [5.41, 5.74) is 6.93. The number of carbonyl (C=O) groups excluding carboxylic acids is 2. The van der Waals surface area contributed by atoms with Crippen LogP contribution < -0.4 is 16.4 Å². The van der Waals surface area contributed by atoms with Gasteiger partial charge in [-0.1, -0.05) is 42.5 Å². The predicted octanol–water partition coefficient (Wildman–Crippen LogP) is 1.15. The number of hydrogen-bond acceptors (Lipinski definition) is 6. The molecule has 2 rings (SSSR count). The first-order valence-corrected chi connectivity index (χ1v) is 9.37. The van der Waals surface area contributed by atoms with Gasteiger partial charge in [0.25, 0.3) is 0 Å². The zero-order valence-electron chi connectivity index (χ0n) is 16.3. The first-order valence-electron chi connectivity index (χ1n) is 9.37. The molecule has 2 aromatic carbocycles. The molecule has 2 amide bonds. The third-order valence-corrected chi connectivity index (χ3v) is 4.27. The Hall–Kier alpha value is -3.59. The minimum atomic E-state index is -1.23. The fourth-order valence-corrected chi connectivity index (χ4v) is 2.68. The molecule has 6 N–H and O–H groups in total. The molecule has 2 atom stereocenters. The third-order valence-electron chi connectivity index (χ3n) is 4.27. The van der Waals surface area contributed by atoms with Crippen molar-refractivity contribution in [1.82, 2.24) is 10.6 Å². The van der Waals surface area contributed by atoms with Crippen molar-refractivity contribution in [3.63, 3.8) is 0 Å². The van der Waals surface area contributed by atoms with E-state index in [1.807, 2.05) is 6.07 Å². The minimum absolute atomic E-state index is 0.00908. The van der Waals surface area contributed by atoms with Crippen LogP contribution in [-0.2, 0) is 27.4 Å². The highest BCUT2D eigenvalue weighted by Gasteiger charge is 2.26. The van der Waals surface area contributed by atoms with Crippen LogP contribution >= 0.6 is 0 Å². The number of aromatic hydroxyl groups is 1. The number of hydrogen-bond donors (Lipinski definition) is 5. The molecule has 0 aliphatic rings. The molecule has 160 valence electrons. The van der Waals surface area contributed by atoms with Crippen molar-refractivity contribution in [3.05, 3.63) is 65.7 Å². The molecular formula is C21H25N3O6. The Morgan fingerprint density at radius 2 is 1.60 bits per heavy atom. The van der Waals surface area contributed by atoms with Crippen molar-refractivity contribution in [2.24, 2.45) is 5.73 Å². The fourth-order valence-electron chi connectivity index (χ4n) is 2.68. The first kappa shape index (κ1) is 22.7. The lowest BCUT2D eigenvalue weighted by molar-refractivity contribution is -0.142. The molecule has 30 heavy (non-hydrogen) atoms. The lowest BCUT2D eigenvalue weighted by Crippen LogP contribution is -2.52. The first-order chi connectivity index (χ1) is 14.4. The summed E-state index contributed by atoms with van der Waals surface area (Å²) in [5, 5.41) is 23.6. The lowest BCUT2D eigenvalue weighted by atomic mass is 10.0. The molecule has 9 nitrogen and oxygen atoms in total. The van der Waals surface area contributed by atoms with Crippen LogP contribution in [0.2, 0.25) is 0 Å². The van der Waals surface area contributed by atoms with E-state index in [9.17, 15) is 24.6 Å². The van der Waals surface area contributed by atoms with Gasteiger partial charge in [-0.25, -0.2) is 9.59 Å². The molecule has 9 heteroatoms. The summed E-state index contributed by atoms with van der Waals surface area (Å²) in [4.78, 5) is 36.2. The number of phenolic OH excluding ortho intramolecular Hbond substituents is 1. The monoisotopic (exact) mass is 415 g/mol. The molecule has 0 aromatic heterocycles. The number of nitrogens with two attached hydrogens (primary N) is 1. The summed E-state index contributed by atoms with van der Waals surface area (Å²) < 4.78 is 5.10. The lowest BCUT2D eigenvalue weighted by Gasteiger charge is -2.21. The zero-order valence-corrected chi connectivity index (χ0v) is 16.3. The van der Waals surface area contributed by atoms with Crippen LogP contribution in [0, 0.1) is 0 Å². The molecule has 0 saturated carbocycles. The van der Waals surface area contributed by atoms with Gasteiger partial charge >= 0.3 is 12.1 Å². The molecule has 0 radical (unpaired) electrons. The maximum Gasteiger partial charge on any atom is 0.408 e. The Balaban J connectivity index is 1.95. The van der Waals surface area contributed by atoms with E-state index in [1.54, 1.807) is 36.4 Å². The highest BCUT2D eigenvalue weighted by molar-refractivity contribution is 5.89. The van der Waals surface area contributed by atoms with E-state index in [0.29, 0.717) is 5.56 Å². The second-order valence-corrected chi connectivity index (χ2v) is 6.61. The minimum Gasteiger partial charge on any atom is -0.508 e. The summed E-state index contributed by atoms with van der Waals surface area (Å²) in [6.07, 6.45) is -0.690. The second kappa shape index (κ2) is 11.4. The normalized spacial score (nSPS) is 12.4. The van der Waals surface area contributed by atoms with Crippen molar-refractivity contribution in [3.8, 4) is 5.75 Å². The molecule has 2 unspecified atom stereocenters. The van der Waals surface area contributed by atoms with Crippen LogP contribution in [0.15, 0.2) is 54.6 Å². The van der Waals surface area contributed by atoms with Crippen LogP contribution in [0.25, 0.3) is 0 Å². The number of phenols is 1. The number of amides is 2. The predicted molar refractivity (Wildman–Crippen MR) is 109 cm³/mol. The van der Waals surface area contributed by atoms with Gasteiger partial charge in [-0.3, -0.25) is 4.79 Å². The number of benzene rings is 2. The molecule has 0 aliphatic carbocycles. The van der Waals surface area contributed by atoms with E-state index in [0.717, 1.165) is 5.56 Å². The third kappa shape index (κ3) is 7.44. The number of carboxylic acid groups (broad SMARTS) is 1. The van der Waals surface area contributed by atoms with Crippen LogP contribution in [0.5, 0.6) is 5.75 Å². The number of rotatable bonds is 10. The Bertz CT molecular complexity index is 842. The van der Waals surface area contributed by atoms with Gasteiger partial charge in [0.15, 0.2) is 0 Å². The highest BCUT2D eigenvalue weighted by Crippen LogP contribution is 2.12. The van der Waals surface area contributed by atoms with E-state index in [2.05, 4.69) is 10.6 Å². The summed E-state index contributed by atoms with van der Waals surface area (Å²) >= 11 is 0. The summed E-state index contributed by atoms with van der Waals surface area (Å²) in [7, 11) is 0. The van der Waals surface area contributed by atoms with E-state index in [4.69, 9.17) is 10.5 Å². The maximum absolute atomic E-state index is 12.6. The Labute approximate surface area is 173 Å². The van der Waals surface area contributed by atoms with Crippen LogP contribution in [-0.4, -0.2) is 46.8 Å². The quantitative estimate of drug-likeness (QED) is 0.390. The van der Waals surface area contributed by atoms with Crippen molar-refractivity contribution < 1.29 is 29.3 Å². The van der Waals surface area contributed by atoms with Crippen LogP contribution in [0.3, 0.4) is 0 Å². The van der Waals surface area contributed by atoms with Gasteiger partial charge in [-0.2, -0.15) is 0 Å². The molecule has 0 spiro atoms. The van der Waals surface area contributed by atoms with E-state index < -0.39 is 30.1 Å². The number of ether oxygens (including phenoxy) is 1. The Morgan fingerprint density at radius 1 is 0.933 bits per heavy atom. The summed E-state index contributed by atoms with van der Waals surface area (Å²) in [6.45, 7) is 0.134. The maximum atomic E-state index is 12.6. The van der Waals surface area contributed by atoms with E-state index in [1.165, 1.54) is 12.1 Å². The van der Waals surface area contributed by atoms with Crippen LogP contribution in [0.4, 0.5) is 4.79 Å². The summed E-state index contributed by atoms with van der Waals surface area (Å²) in [5.74, 6) is -1.85. The van der Waals surface area contributed by atoms with E-state index >= 15 is 0 Å². The van der Waals surface area contributed by atoms with Crippen LogP contribution in [0.1, 0.15) is 17.5 Å². The average molecular weight is 415 g/mol. The van der Waals surface area contributed by atoms with E-state index in [-0.39, 0.29) is 31.7 Å². The van der Waals surface area contributed by atoms with Gasteiger partial charge in [-0.05, 0) is 36.2 Å². The molecule has 0 saturated heterocycles. The van der Waals surface area contributed by atoms with Gasteiger partial charge in [0.05, 0.1) is 0 Å². The van der Waals surface area contributed by atoms with Gasteiger partial charge in [0, 0.05) is 6.42 Å². The summed E-state index contributed by atoms with van der Waals surface area (Å²) in [6, 6.07) is 12.8. The van der Waals surface area contributed by atoms with Gasteiger partial charge < -0.3 is 31.3 Å². The fraction of sp³-hybridized carbons (Fsp3) is 0.286. The number of carbonyl (C=O) groups is 3. The number of carboxylic acids is 1. The molecular weight excluding hydrogens is 390 g/mol. The Morgan fingerprint density at radius 3 is 2.20 bits per heavy atom. The van der Waals surface area contributed by atoms with Crippen molar-refractivity contribution in [2.45, 2.75) is 31.5 Å². The molecule has 0 aliphatic heterocycles. The van der Waals surface area contributed by atoms with Gasteiger partial charge in [0.1, 0.15) is 24.4 Å². The van der Waals surface area contributed by atoms with Crippen molar-refractivity contribution in [2.75, 3.05) is 6.54 Å². The highest BCUT2D eigenvalue weighted by atomic mass is 16.5. The Kier molecular flexibility index (Phi) is 8.64. The zero-order chi connectivity index (χ0) is 21.9. The number of alkyl carbamates (subject to hydrolysis) is 1. The smallest absolute Gasteiger partial charge is 0.408 e. The number of nitrogens with one attached hydrogen (secondary N) is 2. The SMILES string of the molecule is NCCC(NC(=O)OCc1ccccc1)C(=O)NC(Cc1ccc(O)cc1)C(=O)O. The number of aliphatic carboxylic acids is 1. The van der Waals surface area contributed by atoms with Crippen molar-refractivity contribution in [1.29, 1.82) is 0 Å². The molecule has 0 bridgehead atoms. The standard InChI is InChI=1S/C21H25N3O6/c22-11-10-17(24-21(29)30-13-15-4-2-1-3-5-15)19(26)23-18(20(27)28)12-14-6-8-16(25)9-7-14/h1-9,17-18,25H,10-13,22H2,(H,23,26)(H,24,29)(H,27,28). The average Bonchev–Trinajstić information content (AvgIpc) is 2.73. The molecule has 2 aromatic rings. The largest absolute Gasteiger partial charge is 0.508 e. The molecule has 0 fully saturated rings. The van der Waals surface area contributed by atoms with Gasteiger partial charge in [-0.15, -0.1) is 0 Å². The topological polar surface area (TPSA) is 151 Å².